The Kier molecular flexibility index (Phi) is 3.39. The summed E-state index contributed by atoms with van der Waals surface area (Å²) < 4.78 is 0. The zero-order valence-electron chi connectivity index (χ0n) is 10.7. The van der Waals surface area contributed by atoms with Crippen LogP contribution in [-0.4, -0.2) is 13.1 Å². The first-order chi connectivity index (χ1) is 7.25. The van der Waals surface area contributed by atoms with Gasteiger partial charge in [0.05, 0.1) is 0 Å². The zero-order valence-corrected chi connectivity index (χ0v) is 10.7. The molecule has 0 aromatic rings. The molecule has 0 saturated heterocycles. The van der Waals surface area contributed by atoms with Gasteiger partial charge in [-0.05, 0) is 49.0 Å². The van der Waals surface area contributed by atoms with Crippen LogP contribution in [0.5, 0.6) is 0 Å². The fraction of sp³-hybridized carbons (Fsp3) is 1.00. The molecule has 1 nitrogen and oxygen atoms in total. The number of rotatable bonds is 6. The number of nitrogens with one attached hydrogen (secondary N) is 1. The molecule has 2 unspecified atom stereocenters. The van der Waals surface area contributed by atoms with Crippen molar-refractivity contribution in [3.05, 3.63) is 0 Å². The summed E-state index contributed by atoms with van der Waals surface area (Å²) in [6.07, 6.45) is 7.35. The van der Waals surface area contributed by atoms with Crippen molar-refractivity contribution in [3.8, 4) is 0 Å². The summed E-state index contributed by atoms with van der Waals surface area (Å²) in [7, 11) is 0. The van der Waals surface area contributed by atoms with Gasteiger partial charge in [-0.25, -0.2) is 0 Å². The Balaban J connectivity index is 2.01. The molecule has 2 fully saturated rings. The highest BCUT2D eigenvalue weighted by Gasteiger charge is 2.55. The molecular formula is C14H27N. The molecule has 0 aromatic heterocycles. The fourth-order valence-corrected chi connectivity index (χ4v) is 4.09. The second kappa shape index (κ2) is 4.45. The van der Waals surface area contributed by atoms with Crippen LogP contribution in [0.3, 0.4) is 0 Å². The van der Waals surface area contributed by atoms with Crippen LogP contribution in [-0.2, 0) is 0 Å². The summed E-state index contributed by atoms with van der Waals surface area (Å²) >= 11 is 0. The van der Waals surface area contributed by atoms with Crippen molar-refractivity contribution in [1.29, 1.82) is 0 Å². The Morgan fingerprint density at radius 3 is 2.20 bits per heavy atom. The van der Waals surface area contributed by atoms with E-state index in [9.17, 15) is 0 Å². The van der Waals surface area contributed by atoms with E-state index in [0.717, 1.165) is 24.3 Å². The van der Waals surface area contributed by atoms with E-state index < -0.39 is 0 Å². The third kappa shape index (κ3) is 2.08. The molecule has 0 radical (unpaired) electrons. The van der Waals surface area contributed by atoms with E-state index in [1.807, 2.05) is 0 Å². The standard InChI is InChI=1S/C14H27N/c1-4-13(5-2)14(10-15-6-3)8-11-7-12(11)9-14/h11-13,15H,4-10H2,1-3H3. The van der Waals surface area contributed by atoms with E-state index >= 15 is 0 Å². The van der Waals surface area contributed by atoms with Crippen LogP contribution in [0.4, 0.5) is 0 Å². The van der Waals surface area contributed by atoms with E-state index in [-0.39, 0.29) is 0 Å². The van der Waals surface area contributed by atoms with Crippen molar-refractivity contribution < 1.29 is 0 Å². The predicted molar refractivity (Wildman–Crippen MR) is 65.9 cm³/mol. The average molecular weight is 209 g/mol. The Bertz CT molecular complexity index is 197. The molecule has 2 aliphatic rings. The Hall–Kier alpha value is -0.0400. The van der Waals surface area contributed by atoms with Gasteiger partial charge in [-0.1, -0.05) is 33.6 Å². The molecule has 2 saturated carbocycles. The largest absolute Gasteiger partial charge is 0.316 e. The SMILES string of the molecule is CCNCC1(C(CC)CC)CC2CC2C1. The molecule has 1 N–H and O–H groups in total. The minimum atomic E-state index is 0.674. The molecule has 0 amide bonds. The zero-order chi connectivity index (χ0) is 10.9. The third-order valence-electron chi connectivity index (χ3n) is 4.99. The van der Waals surface area contributed by atoms with E-state index in [2.05, 4.69) is 26.1 Å². The minimum Gasteiger partial charge on any atom is -0.316 e. The lowest BCUT2D eigenvalue weighted by Gasteiger charge is -2.38. The van der Waals surface area contributed by atoms with Gasteiger partial charge < -0.3 is 5.32 Å². The van der Waals surface area contributed by atoms with E-state index in [1.54, 1.807) is 6.42 Å². The summed E-state index contributed by atoms with van der Waals surface area (Å²) in [6.45, 7) is 9.41. The van der Waals surface area contributed by atoms with Crippen molar-refractivity contribution in [1.82, 2.24) is 5.32 Å². The minimum absolute atomic E-state index is 0.674. The summed E-state index contributed by atoms with van der Waals surface area (Å²) in [5.41, 5.74) is 0.674. The van der Waals surface area contributed by atoms with E-state index in [4.69, 9.17) is 0 Å². The summed E-state index contributed by atoms with van der Waals surface area (Å²) in [5.74, 6) is 3.19. The molecule has 1 heteroatoms. The number of fused-ring (bicyclic) bond motifs is 1. The van der Waals surface area contributed by atoms with Crippen LogP contribution in [0.1, 0.15) is 52.9 Å². The molecule has 0 aliphatic heterocycles. The maximum absolute atomic E-state index is 3.62. The second-order valence-corrected chi connectivity index (χ2v) is 5.82. The van der Waals surface area contributed by atoms with Gasteiger partial charge in [0.25, 0.3) is 0 Å². The molecule has 0 spiro atoms. The van der Waals surface area contributed by atoms with Gasteiger partial charge in [-0.15, -0.1) is 0 Å². The Labute approximate surface area is 95.0 Å². The molecule has 2 atom stereocenters. The quantitative estimate of drug-likeness (QED) is 0.706. The van der Waals surface area contributed by atoms with Crippen LogP contribution in [0, 0.1) is 23.2 Å². The number of hydrogen-bond donors (Lipinski definition) is 1. The van der Waals surface area contributed by atoms with Crippen LogP contribution >= 0.6 is 0 Å². The maximum atomic E-state index is 3.62. The van der Waals surface area contributed by atoms with Crippen LogP contribution in [0.2, 0.25) is 0 Å². The highest BCUT2D eigenvalue weighted by atomic mass is 14.9. The summed E-state index contributed by atoms with van der Waals surface area (Å²) in [5, 5.41) is 3.62. The highest BCUT2D eigenvalue weighted by Crippen LogP contribution is 2.63. The lowest BCUT2D eigenvalue weighted by Crippen LogP contribution is -2.39. The topological polar surface area (TPSA) is 12.0 Å². The molecule has 0 heterocycles. The maximum Gasteiger partial charge on any atom is 0.00106 e. The molecule has 2 aliphatic carbocycles. The highest BCUT2D eigenvalue weighted by molar-refractivity contribution is 5.06. The molecule has 15 heavy (non-hydrogen) atoms. The van der Waals surface area contributed by atoms with Gasteiger partial charge in [0.1, 0.15) is 0 Å². The summed E-state index contributed by atoms with van der Waals surface area (Å²) in [4.78, 5) is 0. The summed E-state index contributed by atoms with van der Waals surface area (Å²) in [6, 6.07) is 0. The first-order valence-electron chi connectivity index (χ1n) is 6.96. The first kappa shape index (κ1) is 11.4. The monoisotopic (exact) mass is 209 g/mol. The number of hydrogen-bond acceptors (Lipinski definition) is 1. The lowest BCUT2D eigenvalue weighted by molar-refractivity contribution is 0.132. The molecular weight excluding hydrogens is 182 g/mol. The van der Waals surface area contributed by atoms with Crippen LogP contribution in [0.15, 0.2) is 0 Å². The predicted octanol–water partition coefficient (Wildman–Crippen LogP) is 3.45. The Morgan fingerprint density at radius 2 is 1.73 bits per heavy atom. The van der Waals surface area contributed by atoms with Gasteiger partial charge in [0, 0.05) is 6.54 Å². The third-order valence-corrected chi connectivity index (χ3v) is 4.99. The molecule has 0 bridgehead atoms. The smallest absolute Gasteiger partial charge is 0.00106 e. The van der Waals surface area contributed by atoms with Crippen molar-refractivity contribution in [2.24, 2.45) is 23.2 Å². The van der Waals surface area contributed by atoms with Crippen molar-refractivity contribution in [3.63, 3.8) is 0 Å². The second-order valence-electron chi connectivity index (χ2n) is 5.82. The fourth-order valence-electron chi connectivity index (χ4n) is 4.09. The van der Waals surface area contributed by atoms with Gasteiger partial charge >= 0.3 is 0 Å². The van der Waals surface area contributed by atoms with E-state index in [1.165, 1.54) is 32.2 Å². The molecule has 0 aromatic carbocycles. The van der Waals surface area contributed by atoms with E-state index in [0.29, 0.717) is 5.41 Å². The molecule has 88 valence electrons. The molecule has 2 rings (SSSR count). The van der Waals surface area contributed by atoms with Crippen molar-refractivity contribution >= 4 is 0 Å². The van der Waals surface area contributed by atoms with Crippen molar-refractivity contribution in [2.75, 3.05) is 13.1 Å². The average Bonchev–Trinajstić information content (AvgIpc) is 2.86. The van der Waals surface area contributed by atoms with Crippen LogP contribution in [0.25, 0.3) is 0 Å². The lowest BCUT2D eigenvalue weighted by atomic mass is 9.69. The van der Waals surface area contributed by atoms with Gasteiger partial charge in [0.2, 0.25) is 0 Å². The van der Waals surface area contributed by atoms with Crippen LogP contribution < -0.4 is 5.32 Å². The Morgan fingerprint density at radius 1 is 1.13 bits per heavy atom. The van der Waals surface area contributed by atoms with Gasteiger partial charge in [0.15, 0.2) is 0 Å². The first-order valence-corrected chi connectivity index (χ1v) is 6.96. The normalized spacial score (nSPS) is 38.4. The van der Waals surface area contributed by atoms with Gasteiger partial charge in [-0.2, -0.15) is 0 Å². The van der Waals surface area contributed by atoms with Gasteiger partial charge in [-0.3, -0.25) is 0 Å². The van der Waals surface area contributed by atoms with Crippen molar-refractivity contribution in [2.45, 2.75) is 52.9 Å².